The van der Waals surface area contributed by atoms with E-state index < -0.39 is 0 Å². The van der Waals surface area contributed by atoms with Crippen LogP contribution >= 0.6 is 0 Å². The highest BCUT2D eigenvalue weighted by atomic mass is 16.5. The van der Waals surface area contributed by atoms with E-state index in [1.807, 2.05) is 54.6 Å². The van der Waals surface area contributed by atoms with Crippen LogP contribution in [-0.2, 0) is 17.8 Å². The SMILES string of the molecule is CCCCC(=O)Cc1ccc(OCc2ccccc2)cc1. The number of carbonyl (C=O) groups is 1. The number of ketones is 1. The molecule has 2 aromatic rings. The van der Waals surface area contributed by atoms with Gasteiger partial charge < -0.3 is 4.74 Å². The lowest BCUT2D eigenvalue weighted by Gasteiger charge is -2.07. The summed E-state index contributed by atoms with van der Waals surface area (Å²) in [4.78, 5) is 11.7. The maximum Gasteiger partial charge on any atom is 0.137 e. The monoisotopic (exact) mass is 282 g/mol. The summed E-state index contributed by atoms with van der Waals surface area (Å²) in [6, 6.07) is 17.9. The van der Waals surface area contributed by atoms with Crippen LogP contribution in [0.5, 0.6) is 5.75 Å². The third-order valence-corrected chi connectivity index (χ3v) is 3.38. The Balaban J connectivity index is 1.83. The Hall–Kier alpha value is -2.09. The summed E-state index contributed by atoms with van der Waals surface area (Å²) in [5.74, 6) is 1.15. The van der Waals surface area contributed by atoms with Crippen molar-refractivity contribution >= 4 is 5.78 Å². The maximum absolute atomic E-state index is 11.7. The van der Waals surface area contributed by atoms with Gasteiger partial charge in [0.1, 0.15) is 18.1 Å². The Morgan fingerprint density at radius 3 is 2.33 bits per heavy atom. The zero-order chi connectivity index (χ0) is 14.9. The van der Waals surface area contributed by atoms with Gasteiger partial charge in [0, 0.05) is 12.8 Å². The first-order valence-electron chi connectivity index (χ1n) is 7.55. The van der Waals surface area contributed by atoms with Crippen molar-refractivity contribution in [3.05, 3.63) is 65.7 Å². The van der Waals surface area contributed by atoms with E-state index in [2.05, 4.69) is 6.92 Å². The van der Waals surface area contributed by atoms with E-state index in [4.69, 9.17) is 4.74 Å². The average Bonchev–Trinajstić information content (AvgIpc) is 2.53. The van der Waals surface area contributed by atoms with Gasteiger partial charge in [-0.3, -0.25) is 4.79 Å². The second-order valence-corrected chi connectivity index (χ2v) is 5.24. The maximum atomic E-state index is 11.7. The molecule has 0 aliphatic rings. The summed E-state index contributed by atoms with van der Waals surface area (Å²) in [7, 11) is 0. The fraction of sp³-hybridized carbons (Fsp3) is 0.316. The van der Waals surface area contributed by atoms with Gasteiger partial charge in [-0.05, 0) is 29.7 Å². The number of ether oxygens (including phenoxy) is 1. The first-order valence-corrected chi connectivity index (χ1v) is 7.55. The quantitative estimate of drug-likeness (QED) is 0.709. The molecule has 2 rings (SSSR count). The van der Waals surface area contributed by atoms with Gasteiger partial charge in [-0.1, -0.05) is 55.8 Å². The minimum Gasteiger partial charge on any atom is -0.489 e. The van der Waals surface area contributed by atoms with Gasteiger partial charge >= 0.3 is 0 Å². The van der Waals surface area contributed by atoms with Crippen molar-refractivity contribution < 1.29 is 9.53 Å². The fourth-order valence-electron chi connectivity index (χ4n) is 2.13. The highest BCUT2D eigenvalue weighted by Crippen LogP contribution is 2.15. The molecule has 110 valence electrons. The van der Waals surface area contributed by atoms with Gasteiger partial charge in [0.2, 0.25) is 0 Å². The zero-order valence-corrected chi connectivity index (χ0v) is 12.5. The third-order valence-electron chi connectivity index (χ3n) is 3.38. The predicted molar refractivity (Wildman–Crippen MR) is 85.5 cm³/mol. The van der Waals surface area contributed by atoms with Gasteiger partial charge in [-0.15, -0.1) is 0 Å². The molecule has 0 atom stereocenters. The number of hydrogen-bond acceptors (Lipinski definition) is 2. The van der Waals surface area contributed by atoms with Crippen LogP contribution in [0.1, 0.15) is 37.3 Å². The van der Waals surface area contributed by atoms with Crippen LogP contribution in [0.3, 0.4) is 0 Å². The van der Waals surface area contributed by atoms with Crippen LogP contribution in [-0.4, -0.2) is 5.78 Å². The molecule has 2 heteroatoms. The van der Waals surface area contributed by atoms with Gasteiger partial charge in [-0.25, -0.2) is 0 Å². The van der Waals surface area contributed by atoms with E-state index in [9.17, 15) is 4.79 Å². The smallest absolute Gasteiger partial charge is 0.137 e. The molecule has 0 saturated heterocycles. The van der Waals surface area contributed by atoms with Crippen LogP contribution in [0.25, 0.3) is 0 Å². The first-order chi connectivity index (χ1) is 10.3. The number of benzene rings is 2. The highest BCUT2D eigenvalue weighted by Gasteiger charge is 2.03. The highest BCUT2D eigenvalue weighted by molar-refractivity contribution is 5.80. The lowest BCUT2D eigenvalue weighted by molar-refractivity contribution is -0.118. The Kier molecular flexibility index (Phi) is 6.01. The van der Waals surface area contributed by atoms with Crippen molar-refractivity contribution in [3.63, 3.8) is 0 Å². The molecule has 0 aliphatic carbocycles. The molecule has 0 saturated carbocycles. The molecule has 0 aliphatic heterocycles. The molecule has 2 nitrogen and oxygen atoms in total. The normalized spacial score (nSPS) is 10.3. The van der Waals surface area contributed by atoms with Crippen LogP contribution in [0.2, 0.25) is 0 Å². The molecule has 21 heavy (non-hydrogen) atoms. The molecular weight excluding hydrogens is 260 g/mol. The average molecular weight is 282 g/mol. The summed E-state index contributed by atoms with van der Waals surface area (Å²) in [5.41, 5.74) is 2.21. The van der Waals surface area contributed by atoms with E-state index in [-0.39, 0.29) is 0 Å². The summed E-state index contributed by atoms with van der Waals surface area (Å²) >= 11 is 0. The van der Waals surface area contributed by atoms with E-state index in [1.54, 1.807) is 0 Å². The van der Waals surface area contributed by atoms with Crippen LogP contribution in [0.4, 0.5) is 0 Å². The van der Waals surface area contributed by atoms with Crippen LogP contribution in [0, 0.1) is 0 Å². The van der Waals surface area contributed by atoms with Gasteiger partial charge in [0.15, 0.2) is 0 Å². The predicted octanol–water partition coefficient (Wildman–Crippen LogP) is 4.57. The van der Waals surface area contributed by atoms with Crippen molar-refractivity contribution in [2.75, 3.05) is 0 Å². The Bertz CT molecular complexity index is 544. The van der Waals surface area contributed by atoms with Gasteiger partial charge in [0.05, 0.1) is 0 Å². The van der Waals surface area contributed by atoms with Crippen LogP contribution in [0.15, 0.2) is 54.6 Å². The summed E-state index contributed by atoms with van der Waals surface area (Å²) in [6.07, 6.45) is 3.26. The minimum atomic E-state index is 0.315. The zero-order valence-electron chi connectivity index (χ0n) is 12.5. The molecule has 0 amide bonds. The number of carbonyl (C=O) groups excluding carboxylic acids is 1. The summed E-state index contributed by atoms with van der Waals surface area (Å²) < 4.78 is 5.73. The summed E-state index contributed by atoms with van der Waals surface area (Å²) in [5, 5.41) is 0. The first kappa shape index (κ1) is 15.3. The van der Waals surface area contributed by atoms with E-state index >= 15 is 0 Å². The second kappa shape index (κ2) is 8.25. The Morgan fingerprint density at radius 2 is 1.67 bits per heavy atom. The van der Waals surface area contributed by atoms with Crippen molar-refractivity contribution in [2.24, 2.45) is 0 Å². The Labute approximate surface area is 126 Å². The van der Waals surface area contributed by atoms with E-state index in [0.717, 1.165) is 29.7 Å². The van der Waals surface area contributed by atoms with E-state index in [1.165, 1.54) is 0 Å². The van der Waals surface area contributed by atoms with Crippen molar-refractivity contribution in [3.8, 4) is 5.75 Å². The lowest BCUT2D eigenvalue weighted by Crippen LogP contribution is -2.02. The molecule has 0 heterocycles. The fourth-order valence-corrected chi connectivity index (χ4v) is 2.13. The molecule has 0 unspecified atom stereocenters. The molecule has 0 fully saturated rings. The number of hydrogen-bond donors (Lipinski definition) is 0. The largest absolute Gasteiger partial charge is 0.489 e. The van der Waals surface area contributed by atoms with Crippen molar-refractivity contribution in [1.82, 2.24) is 0 Å². The standard InChI is InChI=1S/C19H22O2/c1-2-3-9-18(20)14-16-10-12-19(13-11-16)21-15-17-7-5-4-6-8-17/h4-8,10-13H,2-3,9,14-15H2,1H3. The molecule has 0 N–H and O–H groups in total. The number of Topliss-reactive ketones (excluding diaryl/α,β-unsaturated/α-hetero) is 1. The second-order valence-electron chi connectivity index (χ2n) is 5.24. The van der Waals surface area contributed by atoms with E-state index in [0.29, 0.717) is 25.2 Å². The molecule has 0 radical (unpaired) electrons. The number of rotatable bonds is 8. The summed E-state index contributed by atoms with van der Waals surface area (Å²) in [6.45, 7) is 2.67. The topological polar surface area (TPSA) is 26.3 Å². The van der Waals surface area contributed by atoms with Crippen LogP contribution < -0.4 is 4.74 Å². The molecule has 2 aromatic carbocycles. The minimum absolute atomic E-state index is 0.315. The molecule has 0 bridgehead atoms. The third kappa shape index (κ3) is 5.42. The number of unbranched alkanes of at least 4 members (excludes halogenated alkanes) is 1. The molecule has 0 aromatic heterocycles. The molecule has 0 spiro atoms. The van der Waals surface area contributed by atoms with Crippen molar-refractivity contribution in [2.45, 2.75) is 39.2 Å². The molecular formula is C19H22O2. The van der Waals surface area contributed by atoms with Gasteiger partial charge in [-0.2, -0.15) is 0 Å². The van der Waals surface area contributed by atoms with Gasteiger partial charge in [0.25, 0.3) is 0 Å². The van der Waals surface area contributed by atoms with Crippen molar-refractivity contribution in [1.29, 1.82) is 0 Å². The Morgan fingerprint density at radius 1 is 0.952 bits per heavy atom. The lowest BCUT2D eigenvalue weighted by atomic mass is 10.1.